The number of piperidine rings is 1. The SMILES string of the molecule is C[C@H](C[C@@H]1CCCCN1C)C[C@@H](C)c1ccccc1. The second-order valence-electron chi connectivity index (χ2n) is 6.52. The Morgan fingerprint density at radius 2 is 1.89 bits per heavy atom. The number of benzene rings is 1. The maximum Gasteiger partial charge on any atom is 0.00947 e. The molecule has 0 radical (unpaired) electrons. The largest absolute Gasteiger partial charge is 0.303 e. The fourth-order valence-electron chi connectivity index (χ4n) is 3.52. The van der Waals surface area contributed by atoms with Crippen molar-refractivity contribution < 1.29 is 0 Å². The summed E-state index contributed by atoms with van der Waals surface area (Å²) in [6.07, 6.45) is 6.90. The summed E-state index contributed by atoms with van der Waals surface area (Å²) in [5, 5.41) is 0. The van der Waals surface area contributed by atoms with Crippen LogP contribution in [-0.4, -0.2) is 24.5 Å². The van der Waals surface area contributed by atoms with E-state index in [1.165, 1.54) is 44.2 Å². The Balaban J connectivity index is 1.82. The molecule has 3 atom stereocenters. The van der Waals surface area contributed by atoms with Crippen molar-refractivity contribution in [3.05, 3.63) is 35.9 Å². The Kier molecular flexibility index (Phi) is 5.45. The van der Waals surface area contributed by atoms with E-state index in [0.717, 1.165) is 12.0 Å². The summed E-state index contributed by atoms with van der Waals surface area (Å²) in [4.78, 5) is 2.58. The van der Waals surface area contributed by atoms with Crippen LogP contribution < -0.4 is 0 Å². The van der Waals surface area contributed by atoms with Crippen LogP contribution in [0.5, 0.6) is 0 Å². The van der Waals surface area contributed by atoms with E-state index in [2.05, 4.69) is 56.1 Å². The van der Waals surface area contributed by atoms with Crippen molar-refractivity contribution in [3.63, 3.8) is 0 Å². The molecule has 106 valence electrons. The van der Waals surface area contributed by atoms with Gasteiger partial charge in [0.25, 0.3) is 0 Å². The van der Waals surface area contributed by atoms with E-state index < -0.39 is 0 Å². The summed E-state index contributed by atoms with van der Waals surface area (Å²) in [7, 11) is 2.30. The van der Waals surface area contributed by atoms with Gasteiger partial charge in [0, 0.05) is 6.04 Å². The molecule has 2 rings (SSSR count). The predicted octanol–water partition coefficient (Wildman–Crippen LogP) is 4.69. The zero-order chi connectivity index (χ0) is 13.7. The second kappa shape index (κ2) is 7.09. The monoisotopic (exact) mass is 259 g/mol. The lowest BCUT2D eigenvalue weighted by Gasteiger charge is -2.34. The van der Waals surface area contributed by atoms with Crippen molar-refractivity contribution in [1.29, 1.82) is 0 Å². The van der Waals surface area contributed by atoms with Crippen LogP contribution in [0.2, 0.25) is 0 Å². The third kappa shape index (κ3) is 4.35. The van der Waals surface area contributed by atoms with Gasteiger partial charge < -0.3 is 4.90 Å². The number of hydrogen-bond acceptors (Lipinski definition) is 1. The number of likely N-dealkylation sites (tertiary alicyclic amines) is 1. The summed E-state index contributed by atoms with van der Waals surface area (Å²) in [5.41, 5.74) is 1.49. The molecular formula is C18H29N. The Hall–Kier alpha value is -0.820. The average molecular weight is 259 g/mol. The zero-order valence-corrected chi connectivity index (χ0v) is 12.8. The highest BCUT2D eigenvalue weighted by Gasteiger charge is 2.22. The van der Waals surface area contributed by atoms with Gasteiger partial charge in [-0.1, -0.05) is 50.6 Å². The van der Waals surface area contributed by atoms with Gasteiger partial charge in [-0.3, -0.25) is 0 Å². The first kappa shape index (κ1) is 14.6. The van der Waals surface area contributed by atoms with E-state index in [1.807, 2.05) is 0 Å². The molecule has 0 N–H and O–H groups in total. The molecule has 1 aromatic rings. The first-order valence-corrected chi connectivity index (χ1v) is 7.92. The van der Waals surface area contributed by atoms with E-state index in [9.17, 15) is 0 Å². The normalized spacial score (nSPS) is 24.1. The molecule has 0 spiro atoms. The standard InChI is InChI=1S/C18H29N/c1-15(14-18-11-7-8-12-19(18)3)13-16(2)17-9-5-4-6-10-17/h4-6,9-10,15-16,18H,7-8,11-14H2,1-3H3/t15-,16+,18-/m0/s1. The molecule has 0 amide bonds. The molecule has 1 aromatic carbocycles. The van der Waals surface area contributed by atoms with Gasteiger partial charge in [-0.2, -0.15) is 0 Å². The van der Waals surface area contributed by atoms with Crippen LogP contribution in [0, 0.1) is 5.92 Å². The minimum atomic E-state index is 0.685. The van der Waals surface area contributed by atoms with Gasteiger partial charge in [-0.15, -0.1) is 0 Å². The van der Waals surface area contributed by atoms with Crippen molar-refractivity contribution in [2.24, 2.45) is 5.92 Å². The summed E-state index contributed by atoms with van der Waals surface area (Å²) < 4.78 is 0. The van der Waals surface area contributed by atoms with E-state index in [0.29, 0.717) is 5.92 Å². The molecule has 0 aromatic heterocycles. The van der Waals surface area contributed by atoms with Crippen LogP contribution in [-0.2, 0) is 0 Å². The molecule has 1 heterocycles. The van der Waals surface area contributed by atoms with E-state index in [4.69, 9.17) is 0 Å². The molecule has 0 saturated carbocycles. The van der Waals surface area contributed by atoms with Crippen LogP contribution in [0.1, 0.15) is 57.4 Å². The quantitative estimate of drug-likeness (QED) is 0.741. The molecule has 1 heteroatoms. The summed E-state index contributed by atoms with van der Waals surface area (Å²) in [6, 6.07) is 11.8. The molecule has 1 saturated heterocycles. The molecule has 1 aliphatic rings. The van der Waals surface area contributed by atoms with Crippen LogP contribution in [0.15, 0.2) is 30.3 Å². The van der Waals surface area contributed by atoms with Crippen LogP contribution in [0.25, 0.3) is 0 Å². The van der Waals surface area contributed by atoms with Crippen LogP contribution in [0.4, 0.5) is 0 Å². The molecule has 0 aliphatic carbocycles. The predicted molar refractivity (Wildman–Crippen MR) is 83.5 cm³/mol. The molecular weight excluding hydrogens is 230 g/mol. The Labute approximate surface area is 119 Å². The molecule has 0 unspecified atom stereocenters. The van der Waals surface area contributed by atoms with Gasteiger partial charge in [0.1, 0.15) is 0 Å². The first-order chi connectivity index (χ1) is 9.16. The molecule has 0 bridgehead atoms. The fourth-order valence-corrected chi connectivity index (χ4v) is 3.52. The Morgan fingerprint density at radius 3 is 2.58 bits per heavy atom. The van der Waals surface area contributed by atoms with Gasteiger partial charge in [0.15, 0.2) is 0 Å². The topological polar surface area (TPSA) is 3.24 Å². The molecule has 1 aliphatic heterocycles. The molecule has 1 fully saturated rings. The van der Waals surface area contributed by atoms with Gasteiger partial charge in [-0.05, 0) is 56.7 Å². The maximum atomic E-state index is 2.58. The Morgan fingerprint density at radius 1 is 1.16 bits per heavy atom. The third-order valence-electron chi connectivity index (χ3n) is 4.72. The van der Waals surface area contributed by atoms with Crippen molar-refractivity contribution in [2.75, 3.05) is 13.6 Å². The van der Waals surface area contributed by atoms with Crippen LogP contribution >= 0.6 is 0 Å². The van der Waals surface area contributed by atoms with Gasteiger partial charge in [-0.25, -0.2) is 0 Å². The van der Waals surface area contributed by atoms with Gasteiger partial charge in [0.2, 0.25) is 0 Å². The highest BCUT2D eigenvalue weighted by molar-refractivity contribution is 5.18. The molecule has 19 heavy (non-hydrogen) atoms. The van der Waals surface area contributed by atoms with E-state index in [-0.39, 0.29) is 0 Å². The second-order valence-corrected chi connectivity index (χ2v) is 6.52. The Bertz CT molecular complexity index is 359. The van der Waals surface area contributed by atoms with Gasteiger partial charge in [0.05, 0.1) is 0 Å². The van der Waals surface area contributed by atoms with E-state index >= 15 is 0 Å². The minimum Gasteiger partial charge on any atom is -0.303 e. The third-order valence-corrected chi connectivity index (χ3v) is 4.72. The maximum absolute atomic E-state index is 2.58. The molecule has 1 nitrogen and oxygen atoms in total. The minimum absolute atomic E-state index is 0.685. The van der Waals surface area contributed by atoms with Crippen molar-refractivity contribution >= 4 is 0 Å². The lowest BCUT2D eigenvalue weighted by Crippen LogP contribution is -2.37. The summed E-state index contributed by atoms with van der Waals surface area (Å²) in [5.74, 6) is 1.51. The van der Waals surface area contributed by atoms with Crippen molar-refractivity contribution in [1.82, 2.24) is 4.90 Å². The lowest BCUT2D eigenvalue weighted by molar-refractivity contribution is 0.156. The lowest BCUT2D eigenvalue weighted by atomic mass is 9.85. The highest BCUT2D eigenvalue weighted by Crippen LogP contribution is 2.28. The first-order valence-electron chi connectivity index (χ1n) is 7.92. The average Bonchev–Trinajstić information content (AvgIpc) is 2.42. The fraction of sp³-hybridized carbons (Fsp3) is 0.667. The number of rotatable bonds is 5. The zero-order valence-electron chi connectivity index (χ0n) is 12.8. The van der Waals surface area contributed by atoms with Crippen molar-refractivity contribution in [2.45, 2.75) is 57.9 Å². The number of nitrogens with zero attached hydrogens (tertiary/aromatic N) is 1. The van der Waals surface area contributed by atoms with Crippen molar-refractivity contribution in [3.8, 4) is 0 Å². The number of hydrogen-bond donors (Lipinski definition) is 0. The van der Waals surface area contributed by atoms with Gasteiger partial charge >= 0.3 is 0 Å². The van der Waals surface area contributed by atoms with Crippen LogP contribution in [0.3, 0.4) is 0 Å². The summed E-state index contributed by atoms with van der Waals surface area (Å²) in [6.45, 7) is 6.10. The summed E-state index contributed by atoms with van der Waals surface area (Å²) >= 11 is 0. The van der Waals surface area contributed by atoms with E-state index in [1.54, 1.807) is 0 Å². The highest BCUT2D eigenvalue weighted by atomic mass is 15.1. The smallest absolute Gasteiger partial charge is 0.00947 e.